The van der Waals surface area contributed by atoms with Crippen molar-refractivity contribution in [3.8, 4) is 6.07 Å². The van der Waals surface area contributed by atoms with Gasteiger partial charge in [0.15, 0.2) is 0 Å². The molecule has 0 aromatic heterocycles. The summed E-state index contributed by atoms with van der Waals surface area (Å²) in [6.07, 6.45) is 1.11. The molecule has 0 rings (SSSR count). The second-order valence-electron chi connectivity index (χ2n) is 4.08. The van der Waals surface area contributed by atoms with E-state index in [2.05, 4.69) is 38.8 Å². The molecule has 0 heterocycles. The van der Waals surface area contributed by atoms with Crippen molar-refractivity contribution in [3.05, 3.63) is 0 Å². The number of nitrogens with zero attached hydrogens (tertiary/aromatic N) is 2. The summed E-state index contributed by atoms with van der Waals surface area (Å²) in [6, 6.07) is 2.25. The predicted molar refractivity (Wildman–Crippen MR) is 51.8 cm³/mol. The lowest BCUT2D eigenvalue weighted by Gasteiger charge is -2.35. The molecule has 0 saturated carbocycles. The van der Waals surface area contributed by atoms with Crippen LogP contribution in [0.4, 0.5) is 0 Å². The molecule has 0 aromatic carbocycles. The average Bonchev–Trinajstić information content (AvgIpc) is 2.04. The highest BCUT2D eigenvalue weighted by molar-refractivity contribution is 4.85. The first-order valence-corrected chi connectivity index (χ1v) is 4.55. The topological polar surface area (TPSA) is 27.0 Å². The zero-order chi connectivity index (χ0) is 9.78. The Bertz CT molecular complexity index is 167. The van der Waals surface area contributed by atoms with Crippen LogP contribution in [-0.2, 0) is 0 Å². The molecule has 0 aliphatic rings. The van der Waals surface area contributed by atoms with E-state index in [9.17, 15) is 0 Å². The van der Waals surface area contributed by atoms with E-state index in [1.54, 1.807) is 0 Å². The molecule has 0 spiro atoms. The zero-order valence-electron chi connectivity index (χ0n) is 8.89. The molecular weight excluding hydrogens is 148 g/mol. The van der Waals surface area contributed by atoms with Crippen LogP contribution in [0.2, 0.25) is 0 Å². The normalized spacial score (nSPS) is 14.4. The summed E-state index contributed by atoms with van der Waals surface area (Å²) in [5.41, 5.74) is 0.213. The maximum atomic E-state index is 8.65. The minimum Gasteiger partial charge on any atom is -0.300 e. The predicted octanol–water partition coefficient (Wildman–Crippen LogP) is 2.27. The lowest BCUT2D eigenvalue weighted by atomic mass is 9.99. The van der Waals surface area contributed by atoms with Gasteiger partial charge >= 0.3 is 0 Å². The van der Waals surface area contributed by atoms with Crippen molar-refractivity contribution >= 4 is 0 Å². The Balaban J connectivity index is 4.04. The first kappa shape index (κ1) is 11.4. The van der Waals surface area contributed by atoms with Crippen LogP contribution < -0.4 is 0 Å². The van der Waals surface area contributed by atoms with Gasteiger partial charge in [0.1, 0.15) is 0 Å². The van der Waals surface area contributed by atoms with Crippen LogP contribution in [0.1, 0.15) is 34.1 Å². The first-order chi connectivity index (χ1) is 5.44. The fourth-order valence-corrected chi connectivity index (χ4v) is 0.969. The summed E-state index contributed by atoms with van der Waals surface area (Å²) in [5, 5.41) is 8.65. The van der Waals surface area contributed by atoms with Crippen molar-refractivity contribution < 1.29 is 0 Å². The van der Waals surface area contributed by atoms with Gasteiger partial charge in [-0.25, -0.2) is 0 Å². The van der Waals surface area contributed by atoms with Gasteiger partial charge in [0.25, 0.3) is 0 Å². The summed E-state index contributed by atoms with van der Waals surface area (Å²) < 4.78 is 0. The Labute approximate surface area is 76.2 Å². The van der Waals surface area contributed by atoms with E-state index in [1.165, 1.54) is 0 Å². The van der Waals surface area contributed by atoms with Gasteiger partial charge < -0.3 is 0 Å². The van der Waals surface area contributed by atoms with Crippen LogP contribution in [0.15, 0.2) is 0 Å². The molecule has 70 valence electrons. The molecule has 1 unspecified atom stereocenters. The molecule has 0 fully saturated rings. The number of nitriles is 1. The molecule has 0 aromatic rings. The molecular formula is C10H20N2. The van der Waals surface area contributed by atoms with Gasteiger partial charge in [0.05, 0.1) is 12.0 Å². The van der Waals surface area contributed by atoms with Crippen molar-refractivity contribution in [1.29, 1.82) is 5.26 Å². The van der Waals surface area contributed by atoms with Crippen molar-refractivity contribution in [3.63, 3.8) is 0 Å². The Morgan fingerprint density at radius 1 is 1.50 bits per heavy atom. The second kappa shape index (κ2) is 4.47. The molecule has 0 aliphatic heterocycles. The molecule has 2 heteroatoms. The maximum absolute atomic E-state index is 8.65. The quantitative estimate of drug-likeness (QED) is 0.644. The summed E-state index contributed by atoms with van der Waals surface area (Å²) in [4.78, 5) is 2.25. The second-order valence-corrected chi connectivity index (χ2v) is 4.08. The maximum Gasteiger partial charge on any atom is 0.0666 e. The van der Waals surface area contributed by atoms with Crippen molar-refractivity contribution in [2.45, 2.75) is 39.7 Å². The highest BCUT2D eigenvalue weighted by Gasteiger charge is 2.21. The van der Waals surface area contributed by atoms with Gasteiger partial charge in [-0.05, 0) is 34.2 Å². The molecule has 0 bridgehead atoms. The van der Waals surface area contributed by atoms with E-state index < -0.39 is 0 Å². The fraction of sp³-hybridized carbons (Fsp3) is 0.900. The van der Waals surface area contributed by atoms with Crippen LogP contribution in [0.25, 0.3) is 0 Å². The number of rotatable bonds is 4. The monoisotopic (exact) mass is 168 g/mol. The molecule has 0 N–H and O–H groups in total. The van der Waals surface area contributed by atoms with Crippen molar-refractivity contribution in [1.82, 2.24) is 4.90 Å². The van der Waals surface area contributed by atoms with Gasteiger partial charge in [-0.2, -0.15) is 5.26 Å². The van der Waals surface area contributed by atoms with Gasteiger partial charge in [-0.1, -0.05) is 6.92 Å². The van der Waals surface area contributed by atoms with Crippen LogP contribution in [0, 0.1) is 17.2 Å². The third kappa shape index (κ3) is 3.23. The summed E-state index contributed by atoms with van der Waals surface area (Å²) in [7, 11) is 2.08. The number of hydrogen-bond acceptors (Lipinski definition) is 2. The lowest BCUT2D eigenvalue weighted by molar-refractivity contribution is 0.141. The Kier molecular flexibility index (Phi) is 4.26. The van der Waals surface area contributed by atoms with Crippen LogP contribution in [0.5, 0.6) is 0 Å². The molecule has 1 atom stereocenters. The standard InChI is InChI=1S/C10H20N2/c1-6-10(3,4)12(5)8-9(2)7-11/h9H,6,8H2,1-5H3. The van der Waals surface area contributed by atoms with Crippen molar-refractivity contribution in [2.24, 2.45) is 5.92 Å². The zero-order valence-corrected chi connectivity index (χ0v) is 8.89. The smallest absolute Gasteiger partial charge is 0.0666 e. The van der Waals surface area contributed by atoms with Crippen LogP contribution >= 0.6 is 0 Å². The largest absolute Gasteiger partial charge is 0.300 e. The van der Waals surface area contributed by atoms with E-state index in [4.69, 9.17) is 5.26 Å². The molecule has 0 saturated heterocycles. The summed E-state index contributed by atoms with van der Waals surface area (Å²) in [5.74, 6) is 0.126. The Hall–Kier alpha value is -0.550. The van der Waals surface area contributed by atoms with E-state index in [-0.39, 0.29) is 11.5 Å². The highest BCUT2D eigenvalue weighted by atomic mass is 15.2. The Morgan fingerprint density at radius 3 is 2.33 bits per heavy atom. The lowest BCUT2D eigenvalue weighted by Crippen LogP contribution is -2.42. The van der Waals surface area contributed by atoms with Crippen LogP contribution in [-0.4, -0.2) is 24.0 Å². The first-order valence-electron chi connectivity index (χ1n) is 4.55. The molecule has 2 nitrogen and oxygen atoms in total. The van der Waals surface area contributed by atoms with E-state index in [1.807, 2.05) is 6.92 Å². The van der Waals surface area contributed by atoms with Gasteiger partial charge in [-0.15, -0.1) is 0 Å². The SMILES string of the molecule is CCC(C)(C)N(C)CC(C)C#N. The minimum absolute atomic E-state index is 0.126. The fourth-order valence-electron chi connectivity index (χ4n) is 0.969. The summed E-state index contributed by atoms with van der Waals surface area (Å²) in [6.45, 7) is 9.40. The average molecular weight is 168 g/mol. The molecule has 0 aliphatic carbocycles. The van der Waals surface area contributed by atoms with E-state index in [0.717, 1.165) is 13.0 Å². The Morgan fingerprint density at radius 2 is 2.00 bits per heavy atom. The van der Waals surface area contributed by atoms with Gasteiger partial charge in [0, 0.05) is 12.1 Å². The molecule has 0 radical (unpaired) electrons. The van der Waals surface area contributed by atoms with E-state index in [0.29, 0.717) is 0 Å². The van der Waals surface area contributed by atoms with E-state index >= 15 is 0 Å². The highest BCUT2D eigenvalue weighted by Crippen LogP contribution is 2.17. The van der Waals surface area contributed by atoms with Crippen LogP contribution in [0.3, 0.4) is 0 Å². The van der Waals surface area contributed by atoms with Crippen molar-refractivity contribution in [2.75, 3.05) is 13.6 Å². The van der Waals surface area contributed by atoms with Gasteiger partial charge in [-0.3, -0.25) is 4.90 Å². The third-order valence-electron chi connectivity index (χ3n) is 2.67. The van der Waals surface area contributed by atoms with Gasteiger partial charge in [0.2, 0.25) is 0 Å². The number of hydrogen-bond donors (Lipinski definition) is 0. The molecule has 12 heavy (non-hydrogen) atoms. The third-order valence-corrected chi connectivity index (χ3v) is 2.67. The minimum atomic E-state index is 0.126. The summed E-state index contributed by atoms with van der Waals surface area (Å²) >= 11 is 0. The molecule has 0 amide bonds.